The molecule has 1 heterocycles. The minimum absolute atomic E-state index is 0.0754. The minimum atomic E-state index is -0.317. The molecular formula is C18H19ClN2O2. The molecule has 1 aliphatic rings. The van der Waals surface area contributed by atoms with Gasteiger partial charge in [0.05, 0.1) is 0 Å². The van der Waals surface area contributed by atoms with Crippen LogP contribution in [-0.2, 0) is 9.53 Å². The van der Waals surface area contributed by atoms with Gasteiger partial charge in [0, 0.05) is 28.7 Å². The first-order valence-electron chi connectivity index (χ1n) is 7.67. The van der Waals surface area contributed by atoms with Crippen LogP contribution in [0.4, 0.5) is 17.1 Å². The first-order chi connectivity index (χ1) is 11.1. The highest BCUT2D eigenvalue weighted by Crippen LogP contribution is 2.24. The standard InChI is InChI=1S/C18H19ClN2O2/c1-12-4-5-15(11-16(12)19)20-13-6-8-14(9-7-13)21-18(22)17-3-2-10-23-17/h4-9,11,17,20H,2-3,10H2,1H3,(H,21,22). The van der Waals surface area contributed by atoms with E-state index in [0.29, 0.717) is 6.61 Å². The number of amides is 1. The molecule has 2 N–H and O–H groups in total. The number of hydrogen-bond acceptors (Lipinski definition) is 3. The van der Waals surface area contributed by atoms with Crippen LogP contribution in [-0.4, -0.2) is 18.6 Å². The zero-order valence-electron chi connectivity index (χ0n) is 12.9. The Balaban J connectivity index is 1.62. The first-order valence-corrected chi connectivity index (χ1v) is 8.05. The van der Waals surface area contributed by atoms with Crippen molar-refractivity contribution in [1.82, 2.24) is 0 Å². The van der Waals surface area contributed by atoms with Crippen molar-refractivity contribution in [2.75, 3.05) is 17.2 Å². The summed E-state index contributed by atoms with van der Waals surface area (Å²) in [6.45, 7) is 2.64. The van der Waals surface area contributed by atoms with Gasteiger partial charge in [-0.3, -0.25) is 4.79 Å². The van der Waals surface area contributed by atoms with Crippen molar-refractivity contribution in [2.45, 2.75) is 25.9 Å². The van der Waals surface area contributed by atoms with Gasteiger partial charge in [0.15, 0.2) is 0 Å². The lowest BCUT2D eigenvalue weighted by atomic mass is 10.2. The highest BCUT2D eigenvalue weighted by Gasteiger charge is 2.23. The molecule has 5 heteroatoms. The van der Waals surface area contributed by atoms with E-state index in [1.54, 1.807) is 0 Å². The van der Waals surface area contributed by atoms with Gasteiger partial charge in [-0.05, 0) is 61.7 Å². The molecule has 0 bridgehead atoms. The van der Waals surface area contributed by atoms with E-state index in [2.05, 4.69) is 10.6 Å². The fraction of sp³-hybridized carbons (Fsp3) is 0.278. The minimum Gasteiger partial charge on any atom is -0.368 e. The second-order valence-electron chi connectivity index (χ2n) is 5.66. The van der Waals surface area contributed by atoms with E-state index < -0.39 is 0 Å². The molecule has 3 rings (SSSR count). The number of aryl methyl sites for hydroxylation is 1. The summed E-state index contributed by atoms with van der Waals surface area (Å²) in [6.07, 6.45) is 1.42. The fourth-order valence-corrected chi connectivity index (χ4v) is 2.66. The van der Waals surface area contributed by atoms with Gasteiger partial charge in [0.2, 0.25) is 0 Å². The molecule has 0 radical (unpaired) electrons. The quantitative estimate of drug-likeness (QED) is 0.867. The maximum atomic E-state index is 12.0. The highest BCUT2D eigenvalue weighted by molar-refractivity contribution is 6.31. The molecule has 1 saturated heterocycles. The van der Waals surface area contributed by atoms with Crippen LogP contribution < -0.4 is 10.6 Å². The Bertz CT molecular complexity index is 695. The summed E-state index contributed by atoms with van der Waals surface area (Å²) < 4.78 is 5.37. The Kier molecular flexibility index (Phi) is 4.84. The molecule has 2 aromatic rings. The predicted octanol–water partition coefficient (Wildman–Crippen LogP) is 4.51. The molecule has 1 unspecified atom stereocenters. The van der Waals surface area contributed by atoms with E-state index in [4.69, 9.17) is 16.3 Å². The third-order valence-electron chi connectivity index (χ3n) is 3.84. The summed E-state index contributed by atoms with van der Waals surface area (Å²) >= 11 is 6.13. The monoisotopic (exact) mass is 330 g/mol. The Labute approximate surface area is 140 Å². The van der Waals surface area contributed by atoms with Gasteiger partial charge in [-0.2, -0.15) is 0 Å². The molecule has 1 fully saturated rings. The molecule has 0 saturated carbocycles. The lowest BCUT2D eigenvalue weighted by molar-refractivity contribution is -0.124. The normalized spacial score (nSPS) is 17.0. The molecule has 1 amide bonds. The third kappa shape index (κ3) is 4.03. The molecule has 4 nitrogen and oxygen atoms in total. The van der Waals surface area contributed by atoms with Crippen LogP contribution >= 0.6 is 11.6 Å². The molecule has 120 valence electrons. The van der Waals surface area contributed by atoms with E-state index in [1.807, 2.05) is 49.4 Å². The number of halogens is 1. The van der Waals surface area contributed by atoms with Gasteiger partial charge >= 0.3 is 0 Å². The largest absolute Gasteiger partial charge is 0.368 e. The Morgan fingerprint density at radius 3 is 2.48 bits per heavy atom. The molecule has 1 aliphatic heterocycles. The van der Waals surface area contributed by atoms with Gasteiger partial charge in [-0.1, -0.05) is 17.7 Å². The number of hydrogen-bond donors (Lipinski definition) is 2. The maximum Gasteiger partial charge on any atom is 0.253 e. The van der Waals surface area contributed by atoms with Gasteiger partial charge < -0.3 is 15.4 Å². The van der Waals surface area contributed by atoms with Crippen LogP contribution in [0.3, 0.4) is 0 Å². The molecular weight excluding hydrogens is 312 g/mol. The van der Waals surface area contributed by atoms with E-state index in [0.717, 1.165) is 40.5 Å². The lowest BCUT2D eigenvalue weighted by Crippen LogP contribution is -2.26. The second-order valence-corrected chi connectivity index (χ2v) is 6.06. The fourth-order valence-electron chi connectivity index (χ4n) is 2.48. The molecule has 1 atom stereocenters. The zero-order chi connectivity index (χ0) is 16.2. The number of nitrogens with one attached hydrogen (secondary N) is 2. The van der Waals surface area contributed by atoms with Crippen LogP contribution in [0.25, 0.3) is 0 Å². The molecule has 0 aromatic heterocycles. The van der Waals surface area contributed by atoms with Crippen molar-refractivity contribution >= 4 is 34.6 Å². The molecule has 0 spiro atoms. The summed E-state index contributed by atoms with van der Waals surface area (Å²) in [4.78, 5) is 12.0. The van der Waals surface area contributed by atoms with Crippen molar-refractivity contribution < 1.29 is 9.53 Å². The second kappa shape index (κ2) is 7.02. The van der Waals surface area contributed by atoms with Crippen LogP contribution in [0.1, 0.15) is 18.4 Å². The van der Waals surface area contributed by atoms with Crippen molar-refractivity contribution in [1.29, 1.82) is 0 Å². The predicted molar refractivity (Wildman–Crippen MR) is 93.5 cm³/mol. The van der Waals surface area contributed by atoms with Crippen LogP contribution in [0.15, 0.2) is 42.5 Å². The number of rotatable bonds is 4. The van der Waals surface area contributed by atoms with E-state index in [9.17, 15) is 4.79 Å². The number of benzene rings is 2. The number of carbonyl (C=O) groups is 1. The Morgan fingerprint density at radius 1 is 1.13 bits per heavy atom. The average Bonchev–Trinajstić information content (AvgIpc) is 3.07. The lowest BCUT2D eigenvalue weighted by Gasteiger charge is -2.12. The van der Waals surface area contributed by atoms with Gasteiger partial charge in [0.1, 0.15) is 6.10 Å². The summed E-state index contributed by atoms with van der Waals surface area (Å²) in [5.74, 6) is -0.0754. The molecule has 23 heavy (non-hydrogen) atoms. The molecule has 0 aliphatic carbocycles. The summed E-state index contributed by atoms with van der Waals surface area (Å²) in [5.41, 5.74) is 3.67. The summed E-state index contributed by atoms with van der Waals surface area (Å²) in [5, 5.41) is 6.90. The van der Waals surface area contributed by atoms with Crippen molar-refractivity contribution in [3.05, 3.63) is 53.1 Å². The third-order valence-corrected chi connectivity index (χ3v) is 4.24. The Morgan fingerprint density at radius 2 is 1.83 bits per heavy atom. The van der Waals surface area contributed by atoms with Crippen molar-refractivity contribution in [3.63, 3.8) is 0 Å². The average molecular weight is 331 g/mol. The zero-order valence-corrected chi connectivity index (χ0v) is 13.7. The number of carbonyl (C=O) groups excluding carboxylic acids is 1. The van der Waals surface area contributed by atoms with Crippen LogP contribution in [0.5, 0.6) is 0 Å². The van der Waals surface area contributed by atoms with Crippen LogP contribution in [0.2, 0.25) is 5.02 Å². The van der Waals surface area contributed by atoms with Crippen LogP contribution in [0, 0.1) is 6.92 Å². The van der Waals surface area contributed by atoms with E-state index >= 15 is 0 Å². The van der Waals surface area contributed by atoms with Crippen molar-refractivity contribution in [3.8, 4) is 0 Å². The SMILES string of the molecule is Cc1ccc(Nc2ccc(NC(=O)C3CCCO3)cc2)cc1Cl. The molecule has 2 aromatic carbocycles. The summed E-state index contributed by atoms with van der Waals surface area (Å²) in [7, 11) is 0. The number of anilines is 3. The highest BCUT2D eigenvalue weighted by atomic mass is 35.5. The van der Waals surface area contributed by atoms with E-state index in [1.165, 1.54) is 0 Å². The first kappa shape index (κ1) is 15.8. The van der Waals surface area contributed by atoms with E-state index in [-0.39, 0.29) is 12.0 Å². The smallest absolute Gasteiger partial charge is 0.253 e. The van der Waals surface area contributed by atoms with Gasteiger partial charge in [0.25, 0.3) is 5.91 Å². The Hall–Kier alpha value is -2.04. The number of ether oxygens (including phenoxy) is 1. The van der Waals surface area contributed by atoms with Gasteiger partial charge in [-0.25, -0.2) is 0 Å². The maximum absolute atomic E-state index is 12.0. The van der Waals surface area contributed by atoms with Gasteiger partial charge in [-0.15, -0.1) is 0 Å². The van der Waals surface area contributed by atoms with Crippen molar-refractivity contribution in [2.24, 2.45) is 0 Å². The topological polar surface area (TPSA) is 50.4 Å². The summed E-state index contributed by atoms with van der Waals surface area (Å²) in [6, 6.07) is 13.4.